The summed E-state index contributed by atoms with van der Waals surface area (Å²) >= 11 is 1.79. The predicted molar refractivity (Wildman–Crippen MR) is 76.0 cm³/mol. The van der Waals surface area contributed by atoms with Gasteiger partial charge in [0.15, 0.2) is 5.78 Å². The molecule has 0 aliphatic carbocycles. The lowest BCUT2D eigenvalue weighted by molar-refractivity contribution is 0.0969. The Balaban J connectivity index is 2.47. The standard InChI is InChI=1S/C14H20FNOS/c1-11-4-5-12(10-13(11)15)14(17)6-7-16(2)8-9-18-3/h4-5,10H,6-9H2,1-3H3. The minimum absolute atomic E-state index is 0.00454. The van der Waals surface area contributed by atoms with Crippen molar-refractivity contribution in [1.29, 1.82) is 0 Å². The largest absolute Gasteiger partial charge is 0.305 e. The highest BCUT2D eigenvalue weighted by atomic mass is 32.2. The first-order chi connectivity index (χ1) is 8.54. The number of hydrogen-bond acceptors (Lipinski definition) is 3. The van der Waals surface area contributed by atoms with Gasteiger partial charge in [0.25, 0.3) is 0 Å². The molecule has 0 aliphatic rings. The first-order valence-corrected chi connectivity index (χ1v) is 7.41. The van der Waals surface area contributed by atoms with Crippen molar-refractivity contribution in [2.24, 2.45) is 0 Å². The van der Waals surface area contributed by atoms with E-state index in [2.05, 4.69) is 11.2 Å². The van der Waals surface area contributed by atoms with E-state index in [0.29, 0.717) is 17.5 Å². The molecule has 1 rings (SSSR count). The van der Waals surface area contributed by atoms with Gasteiger partial charge in [-0.15, -0.1) is 0 Å². The fourth-order valence-corrected chi connectivity index (χ4v) is 2.06. The predicted octanol–water partition coefficient (Wildman–Crippen LogP) is 3.00. The molecule has 0 amide bonds. The molecule has 100 valence electrons. The fraction of sp³-hybridized carbons (Fsp3) is 0.500. The number of halogens is 1. The van der Waals surface area contributed by atoms with Gasteiger partial charge in [0.2, 0.25) is 0 Å². The number of hydrogen-bond donors (Lipinski definition) is 0. The van der Waals surface area contributed by atoms with Crippen LogP contribution in [0.25, 0.3) is 0 Å². The SMILES string of the molecule is CSCCN(C)CCC(=O)c1ccc(C)c(F)c1. The van der Waals surface area contributed by atoms with Crippen LogP contribution in [-0.2, 0) is 0 Å². The number of nitrogens with zero attached hydrogens (tertiary/aromatic N) is 1. The zero-order chi connectivity index (χ0) is 13.5. The summed E-state index contributed by atoms with van der Waals surface area (Å²) in [4.78, 5) is 14.0. The van der Waals surface area contributed by atoms with E-state index in [1.807, 2.05) is 7.05 Å². The summed E-state index contributed by atoms with van der Waals surface area (Å²) in [6.07, 6.45) is 2.50. The molecule has 0 N–H and O–H groups in total. The molecule has 0 atom stereocenters. The summed E-state index contributed by atoms with van der Waals surface area (Å²) in [7, 11) is 2.00. The molecule has 0 heterocycles. The summed E-state index contributed by atoms with van der Waals surface area (Å²) in [5, 5.41) is 0. The third-order valence-corrected chi connectivity index (χ3v) is 3.48. The normalized spacial score (nSPS) is 10.9. The van der Waals surface area contributed by atoms with Gasteiger partial charge < -0.3 is 4.90 Å². The number of carbonyl (C=O) groups excluding carboxylic acids is 1. The molecule has 0 saturated heterocycles. The molecule has 1 aromatic rings. The van der Waals surface area contributed by atoms with Gasteiger partial charge in [0.1, 0.15) is 5.82 Å². The molecule has 2 nitrogen and oxygen atoms in total. The van der Waals surface area contributed by atoms with Crippen LogP contribution in [0.1, 0.15) is 22.3 Å². The summed E-state index contributed by atoms with van der Waals surface area (Å²) in [5.41, 5.74) is 1.04. The molecule has 18 heavy (non-hydrogen) atoms. The maximum atomic E-state index is 13.3. The number of benzene rings is 1. The molecule has 4 heteroatoms. The van der Waals surface area contributed by atoms with Gasteiger partial charge in [0, 0.05) is 30.8 Å². The van der Waals surface area contributed by atoms with Crippen molar-refractivity contribution in [3.63, 3.8) is 0 Å². The fourth-order valence-electron chi connectivity index (χ4n) is 1.56. The Labute approximate surface area is 113 Å². The highest BCUT2D eigenvalue weighted by Gasteiger charge is 2.09. The van der Waals surface area contributed by atoms with Gasteiger partial charge >= 0.3 is 0 Å². The van der Waals surface area contributed by atoms with Gasteiger partial charge in [-0.3, -0.25) is 4.79 Å². The Hall–Kier alpha value is -0.870. The Morgan fingerprint density at radius 1 is 1.39 bits per heavy atom. The van der Waals surface area contributed by atoms with E-state index < -0.39 is 0 Å². The van der Waals surface area contributed by atoms with Crippen molar-refractivity contribution in [2.75, 3.05) is 32.1 Å². The van der Waals surface area contributed by atoms with Crippen LogP contribution in [0.15, 0.2) is 18.2 Å². The van der Waals surface area contributed by atoms with Crippen molar-refractivity contribution < 1.29 is 9.18 Å². The number of Topliss-reactive ketones (excluding diaryl/α,β-unsaturated/α-hetero) is 1. The van der Waals surface area contributed by atoms with Crippen LogP contribution in [0.4, 0.5) is 4.39 Å². The van der Waals surface area contributed by atoms with Crippen molar-refractivity contribution >= 4 is 17.5 Å². The quantitative estimate of drug-likeness (QED) is 0.710. The van der Waals surface area contributed by atoms with E-state index in [0.717, 1.165) is 18.8 Å². The molecule has 0 bridgehead atoms. The molecule has 0 unspecified atom stereocenters. The highest BCUT2D eigenvalue weighted by Crippen LogP contribution is 2.11. The zero-order valence-corrected chi connectivity index (χ0v) is 12.0. The minimum atomic E-state index is -0.309. The van der Waals surface area contributed by atoms with E-state index in [1.54, 1.807) is 30.8 Å². The van der Waals surface area contributed by atoms with Gasteiger partial charge in [-0.05, 0) is 31.9 Å². The van der Waals surface area contributed by atoms with E-state index in [9.17, 15) is 9.18 Å². The van der Waals surface area contributed by atoms with Gasteiger partial charge in [-0.2, -0.15) is 11.8 Å². The highest BCUT2D eigenvalue weighted by molar-refractivity contribution is 7.98. The molecule has 0 spiro atoms. The maximum absolute atomic E-state index is 13.3. The summed E-state index contributed by atoms with van der Waals surface area (Å²) in [6.45, 7) is 3.38. The third-order valence-electron chi connectivity index (χ3n) is 2.89. The van der Waals surface area contributed by atoms with Crippen molar-refractivity contribution in [3.05, 3.63) is 35.1 Å². The Morgan fingerprint density at radius 2 is 2.11 bits per heavy atom. The van der Waals surface area contributed by atoms with Crippen LogP contribution in [0.3, 0.4) is 0 Å². The Morgan fingerprint density at radius 3 is 2.72 bits per heavy atom. The zero-order valence-electron chi connectivity index (χ0n) is 11.2. The van der Waals surface area contributed by atoms with Crippen LogP contribution < -0.4 is 0 Å². The van der Waals surface area contributed by atoms with Crippen LogP contribution in [0.5, 0.6) is 0 Å². The number of ketones is 1. The van der Waals surface area contributed by atoms with Crippen molar-refractivity contribution in [1.82, 2.24) is 4.90 Å². The summed E-state index contributed by atoms with van der Waals surface area (Å²) < 4.78 is 13.3. The third kappa shape index (κ3) is 4.78. The maximum Gasteiger partial charge on any atom is 0.164 e. The number of rotatable bonds is 7. The molecule has 0 radical (unpaired) electrons. The molecular weight excluding hydrogens is 249 g/mol. The van der Waals surface area contributed by atoms with Crippen molar-refractivity contribution in [3.8, 4) is 0 Å². The topological polar surface area (TPSA) is 20.3 Å². The van der Waals surface area contributed by atoms with E-state index >= 15 is 0 Å². The van der Waals surface area contributed by atoms with Crippen LogP contribution in [0, 0.1) is 12.7 Å². The first kappa shape index (κ1) is 15.2. The average molecular weight is 269 g/mol. The lowest BCUT2D eigenvalue weighted by Gasteiger charge is -2.15. The Kier molecular flexibility index (Phi) is 6.36. The molecule has 0 fully saturated rings. The number of carbonyl (C=O) groups is 1. The average Bonchev–Trinajstić information content (AvgIpc) is 2.36. The lowest BCUT2D eigenvalue weighted by Crippen LogP contribution is -2.24. The second-order valence-electron chi connectivity index (χ2n) is 4.43. The summed E-state index contributed by atoms with van der Waals surface area (Å²) in [6, 6.07) is 4.68. The van der Waals surface area contributed by atoms with Gasteiger partial charge in [0.05, 0.1) is 0 Å². The van der Waals surface area contributed by atoms with Crippen LogP contribution in [0.2, 0.25) is 0 Å². The monoisotopic (exact) mass is 269 g/mol. The molecule has 1 aromatic carbocycles. The van der Waals surface area contributed by atoms with E-state index in [4.69, 9.17) is 0 Å². The second-order valence-corrected chi connectivity index (χ2v) is 5.42. The Bertz CT molecular complexity index is 409. The van der Waals surface area contributed by atoms with Gasteiger partial charge in [-0.25, -0.2) is 4.39 Å². The molecular formula is C14H20FNOS. The molecule has 0 aromatic heterocycles. The molecule has 0 aliphatic heterocycles. The number of aryl methyl sites for hydroxylation is 1. The van der Waals surface area contributed by atoms with Crippen molar-refractivity contribution in [2.45, 2.75) is 13.3 Å². The first-order valence-electron chi connectivity index (χ1n) is 6.01. The van der Waals surface area contributed by atoms with Crippen LogP contribution in [-0.4, -0.2) is 42.8 Å². The van der Waals surface area contributed by atoms with E-state index in [-0.39, 0.29) is 11.6 Å². The van der Waals surface area contributed by atoms with E-state index in [1.165, 1.54) is 6.07 Å². The minimum Gasteiger partial charge on any atom is -0.305 e. The lowest BCUT2D eigenvalue weighted by atomic mass is 10.1. The molecule has 0 saturated carbocycles. The van der Waals surface area contributed by atoms with Gasteiger partial charge in [-0.1, -0.05) is 12.1 Å². The number of thioether (sulfide) groups is 1. The smallest absolute Gasteiger partial charge is 0.164 e. The van der Waals surface area contributed by atoms with Crippen LogP contribution >= 0.6 is 11.8 Å². The second kappa shape index (κ2) is 7.54. The summed E-state index contributed by atoms with van der Waals surface area (Å²) in [5.74, 6) is 0.755.